The number of amides is 2. The molecule has 1 atom stereocenters. The van der Waals surface area contributed by atoms with Crippen LogP contribution in [0.15, 0.2) is 48.5 Å². The van der Waals surface area contributed by atoms with Crippen molar-refractivity contribution in [1.82, 2.24) is 5.32 Å². The van der Waals surface area contributed by atoms with Crippen LogP contribution < -0.4 is 10.6 Å². The number of aryl methyl sites for hydroxylation is 2. The number of nitro benzene ring substituents is 1. The monoisotopic (exact) mass is 425 g/mol. The molecule has 0 saturated heterocycles. The molecule has 2 N–H and O–H groups in total. The van der Waals surface area contributed by atoms with Crippen LogP contribution in [0.4, 0.5) is 11.4 Å². The summed E-state index contributed by atoms with van der Waals surface area (Å²) in [5.74, 6) is -1.84. The van der Waals surface area contributed by atoms with Gasteiger partial charge < -0.3 is 15.4 Å². The molecule has 0 saturated carbocycles. The fourth-order valence-corrected chi connectivity index (χ4v) is 2.68. The number of nitrogens with one attached hydrogen (secondary N) is 2. The molecule has 0 fully saturated rings. The van der Waals surface area contributed by atoms with Gasteiger partial charge in [0, 0.05) is 23.9 Å². The maximum Gasteiger partial charge on any atom is 0.331 e. The Hall–Kier alpha value is -4.01. The van der Waals surface area contributed by atoms with Crippen molar-refractivity contribution >= 4 is 35.2 Å². The average Bonchev–Trinajstić information content (AvgIpc) is 2.73. The number of hydrogen-bond acceptors (Lipinski definition) is 6. The number of nitrogens with zero attached hydrogens (tertiary/aromatic N) is 1. The van der Waals surface area contributed by atoms with Crippen LogP contribution in [0, 0.1) is 24.0 Å². The molecule has 2 aromatic carbocycles. The van der Waals surface area contributed by atoms with Crippen LogP contribution in [0.25, 0.3) is 6.08 Å². The van der Waals surface area contributed by atoms with Gasteiger partial charge >= 0.3 is 5.97 Å². The van der Waals surface area contributed by atoms with E-state index in [9.17, 15) is 24.5 Å². The molecule has 0 heterocycles. The Bertz CT molecular complexity index is 1010. The number of non-ortho nitro benzene ring substituents is 1. The number of ether oxygens (including phenoxy) is 1. The first-order valence-electron chi connectivity index (χ1n) is 9.44. The summed E-state index contributed by atoms with van der Waals surface area (Å²) in [4.78, 5) is 46.3. The van der Waals surface area contributed by atoms with Crippen molar-refractivity contribution in [1.29, 1.82) is 0 Å². The van der Waals surface area contributed by atoms with Crippen LogP contribution >= 0.6 is 0 Å². The lowest BCUT2D eigenvalue weighted by Crippen LogP contribution is -2.40. The second-order valence-corrected chi connectivity index (χ2v) is 6.80. The van der Waals surface area contributed by atoms with Gasteiger partial charge in [-0.2, -0.15) is 0 Å². The predicted octanol–water partition coefficient (Wildman–Crippen LogP) is 2.91. The third-order valence-corrected chi connectivity index (χ3v) is 4.32. The zero-order valence-electron chi connectivity index (χ0n) is 17.4. The molecule has 0 aromatic heterocycles. The smallest absolute Gasteiger partial charge is 0.331 e. The van der Waals surface area contributed by atoms with Crippen LogP contribution in [-0.2, 0) is 19.1 Å². The molecule has 0 aliphatic carbocycles. The van der Waals surface area contributed by atoms with Crippen molar-refractivity contribution in [3.05, 3.63) is 75.3 Å². The summed E-state index contributed by atoms with van der Waals surface area (Å²) in [7, 11) is 0. The summed E-state index contributed by atoms with van der Waals surface area (Å²) in [6.07, 6.45) is 1.28. The minimum absolute atomic E-state index is 0.109. The van der Waals surface area contributed by atoms with Gasteiger partial charge in [0.1, 0.15) is 0 Å². The quantitative estimate of drug-likeness (QED) is 0.290. The van der Waals surface area contributed by atoms with E-state index >= 15 is 0 Å². The highest BCUT2D eigenvalue weighted by Gasteiger charge is 2.17. The predicted molar refractivity (Wildman–Crippen MR) is 115 cm³/mol. The summed E-state index contributed by atoms with van der Waals surface area (Å²) < 4.78 is 5.00. The van der Waals surface area contributed by atoms with Gasteiger partial charge in [-0.25, -0.2) is 4.79 Å². The summed E-state index contributed by atoms with van der Waals surface area (Å²) >= 11 is 0. The summed E-state index contributed by atoms with van der Waals surface area (Å²) in [6, 6.07) is 11.3. The van der Waals surface area contributed by atoms with E-state index in [4.69, 9.17) is 4.74 Å². The van der Waals surface area contributed by atoms with E-state index in [1.54, 1.807) is 6.07 Å². The Labute approximate surface area is 179 Å². The van der Waals surface area contributed by atoms with Crippen LogP contribution in [0.1, 0.15) is 23.6 Å². The Morgan fingerprint density at radius 1 is 1.13 bits per heavy atom. The second kappa shape index (κ2) is 10.7. The van der Waals surface area contributed by atoms with Gasteiger partial charge in [0.2, 0.25) is 5.91 Å². The summed E-state index contributed by atoms with van der Waals surface area (Å²) in [5.41, 5.74) is 2.82. The van der Waals surface area contributed by atoms with Crippen molar-refractivity contribution < 1.29 is 24.0 Å². The first kappa shape index (κ1) is 23.3. The van der Waals surface area contributed by atoms with Crippen molar-refractivity contribution in [2.75, 3.05) is 11.9 Å². The van der Waals surface area contributed by atoms with E-state index in [0.717, 1.165) is 17.2 Å². The molecule has 31 heavy (non-hydrogen) atoms. The first-order chi connectivity index (χ1) is 14.7. The van der Waals surface area contributed by atoms with E-state index in [1.807, 2.05) is 32.0 Å². The van der Waals surface area contributed by atoms with E-state index in [0.29, 0.717) is 11.3 Å². The number of rotatable bonds is 8. The molecule has 9 nitrogen and oxygen atoms in total. The SMILES string of the molecule is Cc1cccc(C)c1NC(=O)CNC(=O)C(C)OC(=O)/C=C/c1cccc([N+](=O)[O-])c1. The molecular weight excluding hydrogens is 402 g/mol. The number of esters is 1. The maximum atomic E-state index is 12.1. The van der Waals surface area contributed by atoms with Crippen LogP contribution in [-0.4, -0.2) is 35.4 Å². The highest BCUT2D eigenvalue weighted by Crippen LogP contribution is 2.19. The number of anilines is 1. The van der Waals surface area contributed by atoms with Gasteiger partial charge in [-0.15, -0.1) is 0 Å². The lowest BCUT2D eigenvalue weighted by molar-refractivity contribution is -0.384. The second-order valence-electron chi connectivity index (χ2n) is 6.80. The summed E-state index contributed by atoms with van der Waals surface area (Å²) in [6.45, 7) is 4.82. The van der Waals surface area contributed by atoms with E-state index < -0.39 is 28.8 Å². The Balaban J connectivity index is 1.83. The molecule has 0 aliphatic rings. The molecule has 9 heteroatoms. The highest BCUT2D eigenvalue weighted by molar-refractivity contribution is 5.96. The fourth-order valence-electron chi connectivity index (χ4n) is 2.68. The number of carbonyl (C=O) groups excluding carboxylic acids is 3. The third-order valence-electron chi connectivity index (χ3n) is 4.32. The van der Waals surface area contributed by atoms with Gasteiger partial charge in [0.15, 0.2) is 6.10 Å². The highest BCUT2D eigenvalue weighted by atomic mass is 16.6. The van der Waals surface area contributed by atoms with E-state index in [2.05, 4.69) is 10.6 Å². The number of benzene rings is 2. The van der Waals surface area contributed by atoms with Gasteiger partial charge in [-0.3, -0.25) is 19.7 Å². The molecule has 0 spiro atoms. The number of nitro groups is 1. The van der Waals surface area contributed by atoms with Gasteiger partial charge in [-0.1, -0.05) is 30.3 Å². The maximum absolute atomic E-state index is 12.1. The minimum atomic E-state index is -1.13. The van der Waals surface area contributed by atoms with Crippen molar-refractivity contribution in [2.45, 2.75) is 26.9 Å². The number of hydrogen-bond donors (Lipinski definition) is 2. The third kappa shape index (κ3) is 7.07. The molecule has 0 radical (unpaired) electrons. The summed E-state index contributed by atoms with van der Waals surface area (Å²) in [5, 5.41) is 15.9. The molecule has 0 bridgehead atoms. The number of para-hydroxylation sites is 1. The molecule has 0 aliphatic heterocycles. The lowest BCUT2D eigenvalue weighted by Gasteiger charge is -2.14. The standard InChI is InChI=1S/C22H23N3O6/c1-14-6-4-7-15(2)21(14)24-19(26)13-23-22(28)16(3)31-20(27)11-10-17-8-5-9-18(12-17)25(29)30/h4-12,16H,13H2,1-3H3,(H,23,28)(H,24,26)/b11-10+. The first-order valence-corrected chi connectivity index (χ1v) is 9.44. The van der Waals surface area contributed by atoms with Gasteiger partial charge in [0.25, 0.3) is 11.6 Å². The molecule has 2 amide bonds. The van der Waals surface area contributed by atoms with E-state index in [1.165, 1.54) is 31.2 Å². The largest absolute Gasteiger partial charge is 0.449 e. The molecule has 1 unspecified atom stereocenters. The van der Waals surface area contributed by atoms with E-state index in [-0.39, 0.29) is 12.2 Å². The zero-order valence-corrected chi connectivity index (χ0v) is 17.4. The van der Waals surface area contributed by atoms with Gasteiger partial charge in [0.05, 0.1) is 11.5 Å². The fraction of sp³-hybridized carbons (Fsp3) is 0.227. The number of carbonyl (C=O) groups is 3. The van der Waals surface area contributed by atoms with Crippen molar-refractivity contribution in [3.8, 4) is 0 Å². The Kier molecular flexibility index (Phi) is 8.01. The Morgan fingerprint density at radius 2 is 1.77 bits per heavy atom. The van der Waals surface area contributed by atoms with Crippen LogP contribution in [0.5, 0.6) is 0 Å². The van der Waals surface area contributed by atoms with Crippen LogP contribution in [0.2, 0.25) is 0 Å². The lowest BCUT2D eigenvalue weighted by atomic mass is 10.1. The Morgan fingerprint density at radius 3 is 2.42 bits per heavy atom. The normalized spacial score (nSPS) is 11.6. The topological polar surface area (TPSA) is 128 Å². The average molecular weight is 425 g/mol. The zero-order chi connectivity index (χ0) is 23.0. The molecule has 162 valence electrons. The van der Waals surface area contributed by atoms with Gasteiger partial charge in [-0.05, 0) is 43.5 Å². The molecule has 2 aromatic rings. The minimum Gasteiger partial charge on any atom is -0.449 e. The molecule has 2 rings (SSSR count). The van der Waals surface area contributed by atoms with Crippen molar-refractivity contribution in [2.24, 2.45) is 0 Å². The van der Waals surface area contributed by atoms with Crippen molar-refractivity contribution in [3.63, 3.8) is 0 Å². The van der Waals surface area contributed by atoms with Crippen LogP contribution in [0.3, 0.4) is 0 Å². The molecular formula is C22H23N3O6.